The second kappa shape index (κ2) is 4.53. The Morgan fingerprint density at radius 2 is 2.16 bits per heavy atom. The van der Waals surface area contributed by atoms with Gasteiger partial charge in [-0.2, -0.15) is 5.10 Å². The van der Waals surface area contributed by atoms with Crippen molar-refractivity contribution < 1.29 is 4.79 Å². The van der Waals surface area contributed by atoms with Crippen LogP contribution in [0, 0.1) is 0 Å². The molecule has 0 spiro atoms. The van der Waals surface area contributed by atoms with E-state index in [4.69, 9.17) is 5.73 Å². The number of fused-ring (bicyclic) bond motifs is 1. The van der Waals surface area contributed by atoms with Gasteiger partial charge in [-0.15, -0.1) is 0 Å². The van der Waals surface area contributed by atoms with E-state index in [1.54, 1.807) is 23.8 Å². The number of rotatable bonds is 3. The van der Waals surface area contributed by atoms with Gasteiger partial charge in [0.05, 0.1) is 5.69 Å². The summed E-state index contributed by atoms with van der Waals surface area (Å²) in [6.45, 7) is 8.00. The molecule has 0 bridgehead atoms. The van der Waals surface area contributed by atoms with Gasteiger partial charge in [-0.05, 0) is 13.0 Å². The summed E-state index contributed by atoms with van der Waals surface area (Å²) in [6, 6.07) is 1.50. The third kappa shape index (κ3) is 2.67. The molecule has 2 aromatic rings. The first-order valence-corrected chi connectivity index (χ1v) is 6.20. The van der Waals surface area contributed by atoms with Crippen LogP contribution < -0.4 is 11.1 Å². The highest BCUT2D eigenvalue weighted by Crippen LogP contribution is 2.24. The van der Waals surface area contributed by atoms with E-state index in [0.717, 1.165) is 11.2 Å². The van der Waals surface area contributed by atoms with Crippen LogP contribution in [0.2, 0.25) is 0 Å². The number of amides is 1. The zero-order chi connectivity index (χ0) is 14.2. The highest BCUT2D eigenvalue weighted by molar-refractivity contribution is 5.83. The topological polar surface area (TPSA) is 85.3 Å². The van der Waals surface area contributed by atoms with E-state index < -0.39 is 11.9 Å². The molecule has 6 nitrogen and oxygen atoms in total. The summed E-state index contributed by atoms with van der Waals surface area (Å²) in [4.78, 5) is 15.4. The van der Waals surface area contributed by atoms with Crippen LogP contribution in [0.3, 0.4) is 0 Å². The van der Waals surface area contributed by atoms with Gasteiger partial charge >= 0.3 is 0 Å². The molecule has 0 saturated carbocycles. The summed E-state index contributed by atoms with van der Waals surface area (Å²) in [5, 5.41) is 7.52. The van der Waals surface area contributed by atoms with Gasteiger partial charge in [0.25, 0.3) is 0 Å². The van der Waals surface area contributed by atoms with Crippen molar-refractivity contribution in [2.75, 3.05) is 5.32 Å². The largest absolute Gasteiger partial charge is 0.368 e. The van der Waals surface area contributed by atoms with Crippen molar-refractivity contribution in [1.82, 2.24) is 14.6 Å². The maximum atomic E-state index is 11.1. The van der Waals surface area contributed by atoms with Gasteiger partial charge in [-0.1, -0.05) is 20.8 Å². The Balaban J connectivity index is 2.45. The summed E-state index contributed by atoms with van der Waals surface area (Å²) < 4.78 is 1.75. The second-order valence-corrected chi connectivity index (χ2v) is 5.65. The molecule has 6 heteroatoms. The van der Waals surface area contributed by atoms with E-state index >= 15 is 0 Å². The van der Waals surface area contributed by atoms with Gasteiger partial charge < -0.3 is 11.1 Å². The number of carbonyl (C=O) groups excluding carboxylic acids is 1. The zero-order valence-corrected chi connectivity index (χ0v) is 11.6. The molecule has 0 aliphatic carbocycles. The summed E-state index contributed by atoms with van der Waals surface area (Å²) in [7, 11) is 0. The summed E-state index contributed by atoms with van der Waals surface area (Å²) in [6.07, 6.45) is 3.42. The fraction of sp³-hybridized carbons (Fsp3) is 0.462. The number of aromatic nitrogens is 3. The highest BCUT2D eigenvalue weighted by atomic mass is 16.1. The third-order valence-corrected chi connectivity index (χ3v) is 2.94. The second-order valence-electron chi connectivity index (χ2n) is 5.65. The highest BCUT2D eigenvalue weighted by Gasteiger charge is 2.19. The van der Waals surface area contributed by atoms with E-state index in [9.17, 15) is 4.79 Å². The molecule has 2 aromatic heterocycles. The molecule has 1 amide bonds. The van der Waals surface area contributed by atoms with Gasteiger partial charge in [0.2, 0.25) is 5.91 Å². The standard InChI is InChI=1S/C13H19N5O/c1-8(11(14)19)16-12-9-7-10(13(2,3)4)17-18(9)6-5-15-12/h5-8H,1-4H3,(H2,14,19)(H,15,16). The van der Waals surface area contributed by atoms with E-state index in [2.05, 4.69) is 36.2 Å². The number of nitrogens with zero attached hydrogens (tertiary/aromatic N) is 3. The number of hydrogen-bond acceptors (Lipinski definition) is 4. The predicted molar refractivity (Wildman–Crippen MR) is 74.0 cm³/mol. The minimum atomic E-state index is -0.480. The first-order chi connectivity index (χ1) is 8.79. The quantitative estimate of drug-likeness (QED) is 0.872. The molecule has 3 N–H and O–H groups in total. The molecule has 0 aromatic carbocycles. The molecule has 2 rings (SSSR count). The molecular formula is C13H19N5O. The molecule has 0 radical (unpaired) electrons. The lowest BCUT2D eigenvalue weighted by Gasteiger charge is -2.13. The normalized spacial score (nSPS) is 13.5. The van der Waals surface area contributed by atoms with Crippen molar-refractivity contribution in [3.63, 3.8) is 0 Å². The van der Waals surface area contributed by atoms with Crippen LogP contribution in [0.1, 0.15) is 33.4 Å². The maximum absolute atomic E-state index is 11.1. The monoisotopic (exact) mass is 261 g/mol. The van der Waals surface area contributed by atoms with Gasteiger partial charge in [0.15, 0.2) is 5.82 Å². The summed E-state index contributed by atoms with van der Waals surface area (Å²) >= 11 is 0. The Kier molecular flexibility index (Phi) is 3.18. The van der Waals surface area contributed by atoms with Crippen LogP contribution in [0.5, 0.6) is 0 Å². The van der Waals surface area contributed by atoms with Crippen molar-refractivity contribution in [3.8, 4) is 0 Å². The number of nitrogens with two attached hydrogens (primary N) is 1. The fourth-order valence-electron chi connectivity index (χ4n) is 1.68. The lowest BCUT2D eigenvalue weighted by Crippen LogP contribution is -2.32. The Labute approximate surface area is 112 Å². The molecule has 1 atom stereocenters. The van der Waals surface area contributed by atoms with Crippen molar-refractivity contribution in [2.45, 2.75) is 39.2 Å². The van der Waals surface area contributed by atoms with Crippen molar-refractivity contribution in [1.29, 1.82) is 0 Å². The first kappa shape index (κ1) is 13.3. The Bertz CT molecular complexity index is 611. The third-order valence-electron chi connectivity index (χ3n) is 2.94. The van der Waals surface area contributed by atoms with Crippen LogP contribution in [-0.4, -0.2) is 26.5 Å². The molecule has 0 aliphatic rings. The van der Waals surface area contributed by atoms with Crippen LogP contribution in [0.25, 0.3) is 5.52 Å². The molecule has 2 heterocycles. The fourth-order valence-corrected chi connectivity index (χ4v) is 1.68. The smallest absolute Gasteiger partial charge is 0.239 e. The Hall–Kier alpha value is -2.11. The molecule has 102 valence electrons. The average molecular weight is 261 g/mol. The van der Waals surface area contributed by atoms with Crippen LogP contribution in [0.4, 0.5) is 5.82 Å². The number of nitrogens with one attached hydrogen (secondary N) is 1. The molecular weight excluding hydrogens is 242 g/mol. The number of carbonyl (C=O) groups is 1. The Morgan fingerprint density at radius 1 is 1.47 bits per heavy atom. The lowest BCUT2D eigenvalue weighted by atomic mass is 9.92. The SMILES string of the molecule is CC(Nc1nccn2nc(C(C)(C)C)cc12)C(N)=O. The van der Waals surface area contributed by atoms with Crippen LogP contribution >= 0.6 is 0 Å². The van der Waals surface area contributed by atoms with E-state index in [-0.39, 0.29) is 5.41 Å². The lowest BCUT2D eigenvalue weighted by molar-refractivity contribution is -0.118. The molecule has 0 fully saturated rings. The van der Waals surface area contributed by atoms with Gasteiger partial charge in [-0.3, -0.25) is 4.79 Å². The Morgan fingerprint density at radius 3 is 2.74 bits per heavy atom. The van der Waals surface area contributed by atoms with Gasteiger partial charge in [0.1, 0.15) is 11.6 Å². The van der Waals surface area contributed by atoms with Crippen molar-refractivity contribution >= 4 is 17.2 Å². The number of hydrogen-bond donors (Lipinski definition) is 2. The maximum Gasteiger partial charge on any atom is 0.239 e. The number of primary amides is 1. The minimum absolute atomic E-state index is 0.0431. The minimum Gasteiger partial charge on any atom is -0.368 e. The zero-order valence-electron chi connectivity index (χ0n) is 11.6. The first-order valence-electron chi connectivity index (χ1n) is 6.20. The average Bonchev–Trinajstić information content (AvgIpc) is 2.73. The molecule has 0 saturated heterocycles. The van der Waals surface area contributed by atoms with Gasteiger partial charge in [-0.25, -0.2) is 9.50 Å². The van der Waals surface area contributed by atoms with E-state index in [1.165, 1.54) is 0 Å². The van der Waals surface area contributed by atoms with Crippen LogP contribution in [0.15, 0.2) is 18.5 Å². The molecule has 1 unspecified atom stereocenters. The van der Waals surface area contributed by atoms with Crippen LogP contribution in [-0.2, 0) is 10.2 Å². The van der Waals surface area contributed by atoms with E-state index in [0.29, 0.717) is 5.82 Å². The van der Waals surface area contributed by atoms with Crippen molar-refractivity contribution in [2.24, 2.45) is 5.73 Å². The molecule has 19 heavy (non-hydrogen) atoms. The van der Waals surface area contributed by atoms with Crippen molar-refractivity contribution in [3.05, 3.63) is 24.2 Å². The summed E-state index contributed by atoms with van der Waals surface area (Å²) in [5.74, 6) is 0.191. The van der Waals surface area contributed by atoms with Gasteiger partial charge in [0, 0.05) is 17.8 Å². The van der Waals surface area contributed by atoms with E-state index in [1.807, 2.05) is 6.07 Å². The molecule has 0 aliphatic heterocycles. The number of anilines is 1. The summed E-state index contributed by atoms with van der Waals surface area (Å²) in [5.41, 5.74) is 7.01. The predicted octanol–water partition coefficient (Wildman–Crippen LogP) is 1.31.